The molecule has 0 spiro atoms. The molecule has 0 unspecified atom stereocenters. The van der Waals surface area contributed by atoms with Crippen molar-refractivity contribution in [1.29, 1.82) is 0 Å². The fourth-order valence-electron chi connectivity index (χ4n) is 1.29. The summed E-state index contributed by atoms with van der Waals surface area (Å²) in [7, 11) is 0. The maximum atomic E-state index is 11.6. The molecule has 0 saturated carbocycles. The van der Waals surface area contributed by atoms with Gasteiger partial charge in [-0.15, -0.1) is 11.3 Å². The van der Waals surface area contributed by atoms with Crippen LogP contribution in [0.4, 0.5) is 5.69 Å². The first-order valence-electron chi connectivity index (χ1n) is 5.02. The summed E-state index contributed by atoms with van der Waals surface area (Å²) in [5.41, 5.74) is 0.854. The van der Waals surface area contributed by atoms with Crippen molar-refractivity contribution in [2.45, 2.75) is 0 Å². The number of hydrogen-bond acceptors (Lipinski definition) is 3. The topological polar surface area (TPSA) is 29.1 Å². The molecule has 0 radical (unpaired) electrons. The maximum Gasteiger partial charge on any atom is 0.197 e. The summed E-state index contributed by atoms with van der Waals surface area (Å²) >= 11 is 7.27. The number of carbonyl (C=O) groups is 1. The lowest BCUT2D eigenvalue weighted by atomic mass is 10.3. The van der Waals surface area contributed by atoms with Gasteiger partial charge < -0.3 is 5.32 Å². The molecule has 4 heteroatoms. The fraction of sp³-hybridized carbons (Fsp3) is 0. The molecule has 1 N–H and O–H groups in total. The van der Waals surface area contributed by atoms with E-state index in [1.807, 2.05) is 23.6 Å². The molecule has 0 amide bonds. The van der Waals surface area contributed by atoms with Crippen molar-refractivity contribution < 1.29 is 4.79 Å². The zero-order chi connectivity index (χ0) is 12.1. The van der Waals surface area contributed by atoms with Crippen LogP contribution in [0.5, 0.6) is 0 Å². The molecule has 0 fully saturated rings. The van der Waals surface area contributed by atoms with Crippen molar-refractivity contribution in [3.05, 3.63) is 64.0 Å². The number of thiophene rings is 1. The van der Waals surface area contributed by atoms with Crippen LogP contribution in [0.1, 0.15) is 9.67 Å². The lowest BCUT2D eigenvalue weighted by molar-refractivity contribution is 0.105. The highest BCUT2D eigenvalue weighted by Gasteiger charge is 2.00. The number of allylic oxidation sites excluding steroid dienone is 1. The van der Waals surface area contributed by atoms with Crippen LogP contribution in [0, 0.1) is 0 Å². The van der Waals surface area contributed by atoms with E-state index in [-0.39, 0.29) is 5.78 Å². The molecule has 2 aromatic rings. The highest BCUT2D eigenvalue weighted by atomic mass is 35.5. The van der Waals surface area contributed by atoms with Crippen molar-refractivity contribution in [2.75, 3.05) is 5.32 Å². The monoisotopic (exact) mass is 263 g/mol. The van der Waals surface area contributed by atoms with Gasteiger partial charge in [0, 0.05) is 23.0 Å². The van der Waals surface area contributed by atoms with Crippen LogP contribution < -0.4 is 5.32 Å². The van der Waals surface area contributed by atoms with E-state index >= 15 is 0 Å². The molecule has 0 saturated heterocycles. The number of benzene rings is 1. The number of hydrogen-bond donors (Lipinski definition) is 1. The summed E-state index contributed by atoms with van der Waals surface area (Å²) in [4.78, 5) is 12.4. The highest BCUT2D eigenvalue weighted by Crippen LogP contribution is 2.15. The standard InChI is InChI=1S/C13H10ClNOS/c14-10-3-1-4-11(9-10)15-7-6-12(16)13-5-2-8-17-13/h1-9,15H/b7-6+. The third kappa shape index (κ3) is 3.44. The molecule has 1 aromatic carbocycles. The van der Waals surface area contributed by atoms with E-state index in [2.05, 4.69) is 5.32 Å². The number of anilines is 1. The zero-order valence-corrected chi connectivity index (χ0v) is 10.5. The van der Waals surface area contributed by atoms with Gasteiger partial charge in [0.1, 0.15) is 0 Å². The van der Waals surface area contributed by atoms with Gasteiger partial charge >= 0.3 is 0 Å². The SMILES string of the molecule is O=C(/C=C/Nc1cccc(Cl)c1)c1cccs1. The number of nitrogens with one attached hydrogen (secondary N) is 1. The summed E-state index contributed by atoms with van der Waals surface area (Å²) in [6, 6.07) is 11.0. The predicted octanol–water partition coefficient (Wildman–Crippen LogP) is 4.21. The molecule has 1 aromatic heterocycles. The van der Waals surface area contributed by atoms with Crippen molar-refractivity contribution in [2.24, 2.45) is 0 Å². The summed E-state index contributed by atoms with van der Waals surface area (Å²) in [5.74, 6) is -0.00507. The second-order valence-electron chi connectivity index (χ2n) is 3.33. The Morgan fingerprint density at radius 1 is 1.29 bits per heavy atom. The summed E-state index contributed by atoms with van der Waals surface area (Å²) in [5, 5.41) is 5.54. The van der Waals surface area contributed by atoms with Crippen LogP contribution in [0.25, 0.3) is 0 Å². The van der Waals surface area contributed by atoms with Gasteiger partial charge in [0.15, 0.2) is 5.78 Å². The van der Waals surface area contributed by atoms with E-state index in [4.69, 9.17) is 11.6 Å². The quantitative estimate of drug-likeness (QED) is 0.661. The smallest absolute Gasteiger partial charge is 0.197 e. The lowest BCUT2D eigenvalue weighted by Crippen LogP contribution is -1.93. The second-order valence-corrected chi connectivity index (χ2v) is 4.71. The predicted molar refractivity (Wildman–Crippen MR) is 72.9 cm³/mol. The Kier molecular flexibility index (Phi) is 3.96. The number of rotatable bonds is 4. The second kappa shape index (κ2) is 5.66. The van der Waals surface area contributed by atoms with E-state index < -0.39 is 0 Å². The van der Waals surface area contributed by atoms with Crippen LogP contribution in [-0.4, -0.2) is 5.78 Å². The Balaban J connectivity index is 1.96. The number of ketones is 1. The summed E-state index contributed by atoms with van der Waals surface area (Å²) < 4.78 is 0. The van der Waals surface area contributed by atoms with Gasteiger partial charge in [-0.05, 0) is 29.6 Å². The van der Waals surface area contributed by atoms with E-state index in [1.54, 1.807) is 24.4 Å². The summed E-state index contributed by atoms with van der Waals surface area (Å²) in [6.07, 6.45) is 3.13. The fourth-order valence-corrected chi connectivity index (χ4v) is 2.13. The molecule has 86 valence electrons. The third-order valence-corrected chi connectivity index (χ3v) is 3.19. The van der Waals surface area contributed by atoms with Crippen LogP contribution in [0.3, 0.4) is 0 Å². The molecule has 2 rings (SSSR count). The van der Waals surface area contributed by atoms with Gasteiger partial charge in [0.2, 0.25) is 0 Å². The molecule has 0 aliphatic heterocycles. The van der Waals surface area contributed by atoms with Crippen molar-refractivity contribution in [3.63, 3.8) is 0 Å². The van der Waals surface area contributed by atoms with Crippen LogP contribution in [-0.2, 0) is 0 Å². The maximum absolute atomic E-state index is 11.6. The normalized spacial score (nSPS) is 10.6. The first kappa shape index (κ1) is 11.9. The molecule has 2 nitrogen and oxygen atoms in total. The van der Waals surface area contributed by atoms with E-state index in [0.717, 1.165) is 10.6 Å². The van der Waals surface area contributed by atoms with E-state index in [1.165, 1.54) is 17.4 Å². The summed E-state index contributed by atoms with van der Waals surface area (Å²) in [6.45, 7) is 0. The number of carbonyl (C=O) groups excluding carboxylic acids is 1. The van der Waals surface area contributed by atoms with Crippen LogP contribution >= 0.6 is 22.9 Å². The minimum atomic E-state index is -0.00507. The van der Waals surface area contributed by atoms with Gasteiger partial charge in [-0.2, -0.15) is 0 Å². The highest BCUT2D eigenvalue weighted by molar-refractivity contribution is 7.12. The first-order chi connectivity index (χ1) is 8.25. The minimum absolute atomic E-state index is 0.00507. The zero-order valence-electron chi connectivity index (χ0n) is 8.89. The molecular weight excluding hydrogens is 254 g/mol. The van der Waals surface area contributed by atoms with Gasteiger partial charge in [-0.25, -0.2) is 0 Å². The third-order valence-electron chi connectivity index (χ3n) is 2.07. The van der Waals surface area contributed by atoms with Gasteiger partial charge in [0.25, 0.3) is 0 Å². The van der Waals surface area contributed by atoms with Gasteiger partial charge in [-0.1, -0.05) is 23.7 Å². The van der Waals surface area contributed by atoms with Gasteiger partial charge in [-0.3, -0.25) is 4.79 Å². The molecule has 17 heavy (non-hydrogen) atoms. The lowest BCUT2D eigenvalue weighted by Gasteiger charge is -1.99. The van der Waals surface area contributed by atoms with Crippen molar-refractivity contribution >= 4 is 34.4 Å². The van der Waals surface area contributed by atoms with Crippen molar-refractivity contribution in [3.8, 4) is 0 Å². The van der Waals surface area contributed by atoms with E-state index in [0.29, 0.717) is 5.02 Å². The molecule has 0 bridgehead atoms. The van der Waals surface area contributed by atoms with Gasteiger partial charge in [0.05, 0.1) is 4.88 Å². The first-order valence-corrected chi connectivity index (χ1v) is 6.28. The molecule has 0 atom stereocenters. The average molecular weight is 264 g/mol. The minimum Gasteiger partial charge on any atom is -0.362 e. The Morgan fingerprint density at radius 3 is 2.88 bits per heavy atom. The van der Waals surface area contributed by atoms with Crippen molar-refractivity contribution in [1.82, 2.24) is 0 Å². The van der Waals surface area contributed by atoms with Crippen LogP contribution in [0.15, 0.2) is 54.1 Å². The Hall–Kier alpha value is -1.58. The Bertz CT molecular complexity index is 534. The molecular formula is C13H10ClNOS. The average Bonchev–Trinajstić information content (AvgIpc) is 2.82. The molecule has 0 aliphatic carbocycles. The Morgan fingerprint density at radius 2 is 2.18 bits per heavy atom. The molecule has 0 aliphatic rings. The molecule has 1 heterocycles. The number of halogens is 1. The largest absolute Gasteiger partial charge is 0.362 e. The van der Waals surface area contributed by atoms with Crippen LogP contribution in [0.2, 0.25) is 5.02 Å². The Labute approximate surface area is 109 Å². The van der Waals surface area contributed by atoms with E-state index in [9.17, 15) is 4.79 Å².